The van der Waals surface area contributed by atoms with E-state index in [1.165, 1.54) is 11.2 Å². The van der Waals surface area contributed by atoms with Crippen molar-refractivity contribution in [1.82, 2.24) is 15.0 Å². The van der Waals surface area contributed by atoms with Crippen molar-refractivity contribution >= 4 is 44.2 Å². The fourth-order valence-electron chi connectivity index (χ4n) is 3.08. The maximum atomic E-state index is 11.9. The molecule has 0 aliphatic carbocycles. The van der Waals surface area contributed by atoms with Gasteiger partial charge in [-0.1, -0.05) is 25.1 Å². The molecular weight excluding hydrogens is 348 g/mol. The number of benzene rings is 1. The Morgan fingerprint density at radius 3 is 2.96 bits per heavy atom. The molecule has 0 saturated heterocycles. The minimum Gasteiger partial charge on any atom is -0.480 e. The van der Waals surface area contributed by atoms with E-state index in [0.29, 0.717) is 12.2 Å². The van der Waals surface area contributed by atoms with E-state index in [1.807, 2.05) is 36.5 Å². The zero-order valence-electron chi connectivity index (χ0n) is 14.2. The van der Waals surface area contributed by atoms with Crippen molar-refractivity contribution in [3.8, 4) is 0 Å². The number of rotatable bonds is 6. The Morgan fingerprint density at radius 1 is 1.31 bits per heavy atom. The van der Waals surface area contributed by atoms with Gasteiger partial charge in [-0.05, 0) is 24.1 Å². The number of aliphatic carboxylic acids is 1. The van der Waals surface area contributed by atoms with Crippen LogP contribution < -0.4 is 5.32 Å². The van der Waals surface area contributed by atoms with E-state index >= 15 is 0 Å². The number of hydrogen-bond acceptors (Lipinski definition) is 5. The van der Waals surface area contributed by atoms with Gasteiger partial charge in [-0.25, -0.2) is 14.8 Å². The lowest BCUT2D eigenvalue weighted by molar-refractivity contribution is -0.137. The van der Waals surface area contributed by atoms with Crippen molar-refractivity contribution in [3.63, 3.8) is 0 Å². The lowest BCUT2D eigenvalue weighted by Gasteiger charge is -2.15. The highest BCUT2D eigenvalue weighted by molar-refractivity contribution is 7.18. The second-order valence-corrected chi connectivity index (χ2v) is 7.22. The molecule has 0 saturated carbocycles. The first-order chi connectivity index (χ1) is 12.7. The Bertz CT molecular complexity index is 1090. The van der Waals surface area contributed by atoms with Crippen molar-refractivity contribution in [1.29, 1.82) is 0 Å². The number of fused-ring (bicyclic) bond motifs is 2. The van der Waals surface area contributed by atoms with Crippen LogP contribution >= 0.6 is 11.3 Å². The topological polar surface area (TPSA) is 90.9 Å². The standard InChI is InChI=1S/C19H18N4O2S/c1-2-12-8-14-17(21-10-22-18(14)26-12)23-16(19(24)25)7-11-9-20-15-6-4-3-5-13(11)15/h3-6,8-10,16,20H,2,7H2,1H3,(H,24,25)(H,21,22,23)/t16-/m1/s1. The summed E-state index contributed by atoms with van der Waals surface area (Å²) in [7, 11) is 0. The van der Waals surface area contributed by atoms with Gasteiger partial charge in [0.25, 0.3) is 0 Å². The van der Waals surface area contributed by atoms with Gasteiger partial charge in [0.05, 0.1) is 5.39 Å². The van der Waals surface area contributed by atoms with Gasteiger partial charge in [-0.3, -0.25) is 0 Å². The lowest BCUT2D eigenvalue weighted by Crippen LogP contribution is -2.31. The van der Waals surface area contributed by atoms with Crippen molar-refractivity contribution in [3.05, 3.63) is 53.3 Å². The van der Waals surface area contributed by atoms with E-state index in [0.717, 1.165) is 33.1 Å². The summed E-state index contributed by atoms with van der Waals surface area (Å²) in [6.45, 7) is 2.09. The molecule has 6 nitrogen and oxygen atoms in total. The highest BCUT2D eigenvalue weighted by Crippen LogP contribution is 2.29. The number of aryl methyl sites for hydroxylation is 1. The molecule has 26 heavy (non-hydrogen) atoms. The maximum absolute atomic E-state index is 11.9. The Kier molecular flexibility index (Phi) is 4.30. The molecule has 0 aliphatic heterocycles. The number of carboxylic acid groups (broad SMARTS) is 1. The number of anilines is 1. The number of carbonyl (C=O) groups is 1. The van der Waals surface area contributed by atoms with Crippen molar-refractivity contribution in [2.24, 2.45) is 0 Å². The minimum atomic E-state index is -0.909. The highest BCUT2D eigenvalue weighted by Gasteiger charge is 2.21. The zero-order valence-corrected chi connectivity index (χ0v) is 15.0. The molecular formula is C19H18N4O2S. The largest absolute Gasteiger partial charge is 0.480 e. The van der Waals surface area contributed by atoms with Crippen LogP contribution in [-0.4, -0.2) is 32.1 Å². The fourth-order valence-corrected chi connectivity index (χ4v) is 4.02. The van der Waals surface area contributed by atoms with E-state index in [1.54, 1.807) is 11.3 Å². The summed E-state index contributed by atoms with van der Waals surface area (Å²) in [5.41, 5.74) is 1.96. The van der Waals surface area contributed by atoms with Gasteiger partial charge in [-0.2, -0.15) is 0 Å². The Balaban J connectivity index is 1.66. The summed E-state index contributed by atoms with van der Waals surface area (Å²) in [5.74, 6) is -0.342. The van der Waals surface area contributed by atoms with E-state index in [2.05, 4.69) is 27.2 Å². The number of thiophene rings is 1. The van der Waals surface area contributed by atoms with E-state index < -0.39 is 12.0 Å². The van der Waals surface area contributed by atoms with Crippen LogP contribution in [0.3, 0.4) is 0 Å². The summed E-state index contributed by atoms with van der Waals surface area (Å²) in [5, 5.41) is 14.7. The first-order valence-electron chi connectivity index (χ1n) is 8.43. The van der Waals surface area contributed by atoms with Crippen LogP contribution in [0.15, 0.2) is 42.9 Å². The number of aromatic amines is 1. The smallest absolute Gasteiger partial charge is 0.326 e. The van der Waals surface area contributed by atoms with Crippen LogP contribution in [0.5, 0.6) is 0 Å². The normalized spacial score (nSPS) is 12.5. The van der Waals surface area contributed by atoms with Gasteiger partial charge < -0.3 is 15.4 Å². The van der Waals surface area contributed by atoms with Gasteiger partial charge >= 0.3 is 5.97 Å². The molecule has 4 aromatic rings. The summed E-state index contributed by atoms with van der Waals surface area (Å²) in [6, 6.07) is 9.14. The monoisotopic (exact) mass is 366 g/mol. The van der Waals surface area contributed by atoms with Gasteiger partial charge in [0.1, 0.15) is 23.0 Å². The zero-order chi connectivity index (χ0) is 18.1. The molecule has 0 unspecified atom stereocenters. The average Bonchev–Trinajstić information content (AvgIpc) is 3.25. The van der Waals surface area contributed by atoms with Crippen molar-refractivity contribution in [2.45, 2.75) is 25.8 Å². The number of H-pyrrole nitrogens is 1. The fraction of sp³-hybridized carbons (Fsp3) is 0.211. The molecule has 0 amide bonds. The Morgan fingerprint density at radius 2 is 2.15 bits per heavy atom. The predicted molar refractivity (Wildman–Crippen MR) is 104 cm³/mol. The Labute approximate surface area is 153 Å². The summed E-state index contributed by atoms with van der Waals surface area (Å²) in [6.07, 6.45) is 4.62. The van der Waals surface area contributed by atoms with Gasteiger partial charge in [0.15, 0.2) is 0 Å². The third kappa shape index (κ3) is 3.01. The molecule has 3 N–H and O–H groups in total. The van der Waals surface area contributed by atoms with Gasteiger partial charge in [-0.15, -0.1) is 11.3 Å². The first kappa shape index (κ1) is 16.5. The van der Waals surface area contributed by atoms with Crippen LogP contribution in [0.25, 0.3) is 21.1 Å². The third-order valence-corrected chi connectivity index (χ3v) is 5.62. The molecule has 7 heteroatoms. The van der Waals surface area contributed by atoms with Crippen LogP contribution in [0, 0.1) is 0 Å². The summed E-state index contributed by atoms with van der Waals surface area (Å²) < 4.78 is 0. The van der Waals surface area contributed by atoms with E-state index in [-0.39, 0.29) is 0 Å². The summed E-state index contributed by atoms with van der Waals surface area (Å²) >= 11 is 1.61. The Hall–Kier alpha value is -2.93. The van der Waals surface area contributed by atoms with E-state index in [9.17, 15) is 9.90 Å². The number of hydrogen-bond donors (Lipinski definition) is 3. The average molecular weight is 366 g/mol. The third-order valence-electron chi connectivity index (χ3n) is 4.44. The predicted octanol–water partition coefficient (Wildman–Crippen LogP) is 3.84. The molecule has 0 aliphatic rings. The van der Waals surface area contributed by atoms with Gasteiger partial charge in [0, 0.05) is 28.4 Å². The quantitative estimate of drug-likeness (QED) is 0.482. The molecule has 4 rings (SSSR count). The molecule has 3 aromatic heterocycles. The van der Waals surface area contributed by atoms with Crippen LogP contribution in [0.1, 0.15) is 17.4 Å². The second-order valence-electron chi connectivity index (χ2n) is 6.11. The minimum absolute atomic E-state index is 0.357. The number of para-hydroxylation sites is 1. The molecule has 0 spiro atoms. The van der Waals surface area contributed by atoms with Crippen molar-refractivity contribution < 1.29 is 9.90 Å². The SMILES string of the molecule is CCc1cc2c(N[C@H](Cc3c[nH]c4ccccc34)C(=O)O)ncnc2s1. The van der Waals surface area contributed by atoms with E-state index in [4.69, 9.17) is 0 Å². The van der Waals surface area contributed by atoms with Crippen LogP contribution in [0.4, 0.5) is 5.82 Å². The maximum Gasteiger partial charge on any atom is 0.326 e. The number of nitrogens with zero attached hydrogens (tertiary/aromatic N) is 2. The first-order valence-corrected chi connectivity index (χ1v) is 9.25. The molecule has 132 valence electrons. The second kappa shape index (κ2) is 6.76. The molecule has 0 fully saturated rings. The molecule has 1 atom stereocenters. The number of aromatic nitrogens is 3. The van der Waals surface area contributed by atoms with Gasteiger partial charge in [0.2, 0.25) is 0 Å². The molecule has 1 aromatic carbocycles. The van der Waals surface area contributed by atoms with Crippen molar-refractivity contribution in [2.75, 3.05) is 5.32 Å². The van der Waals surface area contributed by atoms with Crippen LogP contribution in [-0.2, 0) is 17.6 Å². The van der Waals surface area contributed by atoms with Crippen LogP contribution in [0.2, 0.25) is 0 Å². The molecule has 0 radical (unpaired) electrons. The molecule has 0 bridgehead atoms. The lowest BCUT2D eigenvalue weighted by atomic mass is 10.0. The summed E-state index contributed by atoms with van der Waals surface area (Å²) in [4.78, 5) is 25.7. The number of carboxylic acids is 1. The molecule has 3 heterocycles. The highest BCUT2D eigenvalue weighted by atomic mass is 32.1. The number of nitrogens with one attached hydrogen (secondary N) is 2.